The van der Waals surface area contributed by atoms with Gasteiger partial charge in [0.2, 0.25) is 6.10 Å². The van der Waals surface area contributed by atoms with Crippen LogP contribution in [0.15, 0.2) is 82.2 Å². The number of halogens is 1. The summed E-state index contributed by atoms with van der Waals surface area (Å²) in [4.78, 5) is 24.0. The number of benzene rings is 4. The zero-order valence-electron chi connectivity index (χ0n) is 21.4. The topological polar surface area (TPSA) is 121 Å². The molecule has 0 aliphatic heterocycles. The van der Waals surface area contributed by atoms with Gasteiger partial charge in [-0.1, -0.05) is 70.0 Å². The molecule has 2 N–H and O–H groups in total. The number of carbonyl (C=O) groups is 2. The summed E-state index contributed by atoms with van der Waals surface area (Å²) >= 11 is 3.33. The first-order valence-electron chi connectivity index (χ1n) is 11.9. The molecule has 10 heteroatoms. The third kappa shape index (κ3) is 5.76. The van der Waals surface area contributed by atoms with E-state index in [2.05, 4.69) is 15.9 Å². The molecule has 0 saturated carbocycles. The van der Waals surface area contributed by atoms with Crippen LogP contribution in [-0.2, 0) is 19.6 Å². The molecular formula is C29H26BrNO7S. The molecule has 0 fully saturated rings. The van der Waals surface area contributed by atoms with Crippen LogP contribution in [0.2, 0.25) is 0 Å². The maximum Gasteiger partial charge on any atom is 0.349 e. The molecule has 8 nitrogen and oxygen atoms in total. The van der Waals surface area contributed by atoms with E-state index in [9.17, 15) is 28.2 Å². The fourth-order valence-corrected chi connectivity index (χ4v) is 6.82. The summed E-state index contributed by atoms with van der Waals surface area (Å²) in [5, 5.41) is 20.4. The zero-order valence-corrected chi connectivity index (χ0v) is 23.8. The molecule has 1 unspecified atom stereocenters. The van der Waals surface area contributed by atoms with Crippen LogP contribution in [0.5, 0.6) is 5.75 Å². The molecule has 0 aromatic heterocycles. The van der Waals surface area contributed by atoms with Crippen LogP contribution in [0.25, 0.3) is 10.8 Å². The molecule has 0 bridgehead atoms. The Labute approximate surface area is 234 Å². The van der Waals surface area contributed by atoms with Crippen LogP contribution in [0.4, 0.5) is 5.69 Å². The number of anilines is 1. The number of hydrogen-bond acceptors (Lipinski definition) is 5. The number of ether oxygens (including phenoxy) is 1. The van der Waals surface area contributed by atoms with Gasteiger partial charge in [0.1, 0.15) is 12.3 Å². The Balaban J connectivity index is 1.87. The highest BCUT2D eigenvalue weighted by molar-refractivity contribution is 9.10. The molecule has 0 aliphatic rings. The second-order valence-corrected chi connectivity index (χ2v) is 11.9. The van der Waals surface area contributed by atoms with Gasteiger partial charge < -0.3 is 14.9 Å². The van der Waals surface area contributed by atoms with Gasteiger partial charge in [0.15, 0.2) is 0 Å². The Morgan fingerprint density at radius 1 is 0.897 bits per heavy atom. The number of rotatable bonds is 9. The maximum atomic E-state index is 14.0. The number of hydrogen-bond donors (Lipinski definition) is 2. The Hall–Kier alpha value is -3.89. The molecule has 0 radical (unpaired) electrons. The highest BCUT2D eigenvalue weighted by Crippen LogP contribution is 2.39. The van der Waals surface area contributed by atoms with Crippen molar-refractivity contribution in [1.82, 2.24) is 0 Å². The standard InChI is InChI=1S/C29H26BrNO7S/c1-17-14-18(2)28(19(3)15-17)39(36,37)31(16-26(32)33)24-12-13-25(23-7-5-4-6-22(23)24)38-27(29(34)35)20-8-10-21(30)11-9-20/h4-15,27H,16H2,1-3H3,(H,32,33)(H,34,35). The maximum absolute atomic E-state index is 14.0. The van der Waals surface area contributed by atoms with Gasteiger partial charge in [-0.15, -0.1) is 0 Å². The molecule has 39 heavy (non-hydrogen) atoms. The van der Waals surface area contributed by atoms with E-state index >= 15 is 0 Å². The second kappa shape index (κ2) is 11.1. The summed E-state index contributed by atoms with van der Waals surface area (Å²) < 4.78 is 35.6. The van der Waals surface area contributed by atoms with Gasteiger partial charge in [-0.05, 0) is 56.2 Å². The van der Waals surface area contributed by atoms with Crippen molar-refractivity contribution in [2.45, 2.75) is 31.8 Å². The predicted octanol–water partition coefficient (Wildman–Crippen LogP) is 6.01. The van der Waals surface area contributed by atoms with Crippen molar-refractivity contribution in [1.29, 1.82) is 0 Å². The highest BCUT2D eigenvalue weighted by atomic mass is 79.9. The molecule has 1 atom stereocenters. The predicted molar refractivity (Wildman–Crippen MR) is 152 cm³/mol. The highest BCUT2D eigenvalue weighted by Gasteiger charge is 2.32. The molecule has 0 spiro atoms. The van der Waals surface area contributed by atoms with Gasteiger partial charge in [0.25, 0.3) is 10.0 Å². The average molecular weight is 612 g/mol. The van der Waals surface area contributed by atoms with Crippen LogP contribution in [0.1, 0.15) is 28.4 Å². The second-order valence-electron chi connectivity index (χ2n) is 9.15. The quantitative estimate of drug-likeness (QED) is 0.237. The van der Waals surface area contributed by atoms with Crippen molar-refractivity contribution in [2.75, 3.05) is 10.8 Å². The lowest BCUT2D eigenvalue weighted by molar-refractivity contribution is -0.145. The van der Waals surface area contributed by atoms with Crippen molar-refractivity contribution in [2.24, 2.45) is 0 Å². The Morgan fingerprint density at radius 2 is 1.49 bits per heavy atom. The number of sulfonamides is 1. The number of carboxylic acids is 2. The minimum atomic E-state index is -4.30. The molecule has 0 saturated heterocycles. The van der Waals surface area contributed by atoms with Gasteiger partial charge >= 0.3 is 11.9 Å². The van der Waals surface area contributed by atoms with Gasteiger partial charge in [-0.25, -0.2) is 13.2 Å². The van der Waals surface area contributed by atoms with E-state index in [4.69, 9.17) is 4.74 Å². The molecule has 0 heterocycles. The largest absolute Gasteiger partial charge is 0.480 e. The summed E-state index contributed by atoms with van der Waals surface area (Å²) in [6.45, 7) is 4.40. The smallest absolute Gasteiger partial charge is 0.349 e. The lowest BCUT2D eigenvalue weighted by Gasteiger charge is -2.27. The fraction of sp³-hybridized carbons (Fsp3) is 0.172. The lowest BCUT2D eigenvalue weighted by atomic mass is 10.1. The van der Waals surface area contributed by atoms with Crippen LogP contribution in [-0.4, -0.2) is 37.1 Å². The third-order valence-electron chi connectivity index (χ3n) is 6.20. The van der Waals surface area contributed by atoms with Crippen molar-refractivity contribution in [3.63, 3.8) is 0 Å². The average Bonchev–Trinajstić information content (AvgIpc) is 2.85. The number of nitrogens with zero attached hydrogens (tertiary/aromatic N) is 1. The van der Waals surface area contributed by atoms with E-state index in [1.54, 1.807) is 74.5 Å². The first-order valence-corrected chi connectivity index (χ1v) is 14.1. The van der Waals surface area contributed by atoms with Crippen LogP contribution in [0.3, 0.4) is 0 Å². The summed E-state index contributed by atoms with van der Waals surface area (Å²) in [6.07, 6.45) is -1.33. The van der Waals surface area contributed by atoms with Crippen molar-refractivity contribution < 1.29 is 33.0 Å². The van der Waals surface area contributed by atoms with E-state index in [-0.39, 0.29) is 16.3 Å². The molecule has 202 valence electrons. The molecule has 0 aliphatic carbocycles. The van der Waals surface area contributed by atoms with E-state index in [1.165, 1.54) is 12.1 Å². The van der Waals surface area contributed by atoms with E-state index < -0.39 is 34.6 Å². The van der Waals surface area contributed by atoms with E-state index in [0.717, 1.165) is 14.3 Å². The van der Waals surface area contributed by atoms with E-state index in [1.807, 2.05) is 6.92 Å². The Morgan fingerprint density at radius 3 is 2.05 bits per heavy atom. The normalized spacial score (nSPS) is 12.2. The monoisotopic (exact) mass is 611 g/mol. The van der Waals surface area contributed by atoms with E-state index in [0.29, 0.717) is 27.5 Å². The number of aliphatic carboxylic acids is 2. The van der Waals surface area contributed by atoms with Crippen molar-refractivity contribution in [3.8, 4) is 5.75 Å². The summed E-state index contributed by atoms with van der Waals surface area (Å²) in [7, 11) is -4.30. The Kier molecular flexibility index (Phi) is 7.99. The van der Waals surface area contributed by atoms with Crippen LogP contribution < -0.4 is 9.04 Å². The van der Waals surface area contributed by atoms with Gasteiger partial charge in [0.05, 0.1) is 10.6 Å². The molecule has 4 rings (SSSR count). The van der Waals surface area contributed by atoms with Gasteiger partial charge in [-0.2, -0.15) is 0 Å². The minimum Gasteiger partial charge on any atom is -0.480 e. The Bertz CT molecular complexity index is 1660. The van der Waals surface area contributed by atoms with Crippen LogP contribution >= 0.6 is 15.9 Å². The molecule has 4 aromatic rings. The number of fused-ring (bicyclic) bond motifs is 1. The number of aryl methyl sites for hydroxylation is 3. The summed E-state index contributed by atoms with van der Waals surface area (Å²) in [5.41, 5.74) is 2.45. The molecule has 4 aromatic carbocycles. The fourth-order valence-electron chi connectivity index (χ4n) is 4.71. The lowest BCUT2D eigenvalue weighted by Crippen LogP contribution is -2.36. The SMILES string of the molecule is Cc1cc(C)c(S(=O)(=O)N(CC(=O)O)c2ccc(OC(C(=O)O)c3ccc(Br)cc3)c3ccccc23)c(C)c1. The zero-order chi connectivity index (χ0) is 28.5. The third-order valence-corrected chi connectivity index (χ3v) is 8.80. The minimum absolute atomic E-state index is 0.0416. The van der Waals surface area contributed by atoms with Crippen molar-refractivity contribution in [3.05, 3.63) is 99.5 Å². The van der Waals surface area contributed by atoms with Gasteiger partial charge in [-0.3, -0.25) is 9.10 Å². The first kappa shape index (κ1) is 28.1. The first-order chi connectivity index (χ1) is 18.4. The summed E-state index contributed by atoms with van der Waals surface area (Å²) in [6, 6.07) is 19.8. The summed E-state index contributed by atoms with van der Waals surface area (Å²) in [5.74, 6) is -2.32. The molecule has 0 amide bonds. The molecular weight excluding hydrogens is 586 g/mol. The van der Waals surface area contributed by atoms with Crippen molar-refractivity contribution >= 4 is 54.4 Å². The number of carboxylic acid groups (broad SMARTS) is 2. The van der Waals surface area contributed by atoms with Crippen LogP contribution in [0, 0.1) is 20.8 Å². The van der Waals surface area contributed by atoms with Gasteiger partial charge in [0, 0.05) is 20.8 Å².